The van der Waals surface area contributed by atoms with Crippen molar-refractivity contribution >= 4 is 5.97 Å². The highest BCUT2D eigenvalue weighted by Gasteiger charge is 2.67. The van der Waals surface area contributed by atoms with Gasteiger partial charge in [-0.25, -0.2) is 4.79 Å². The molecule has 2 rings (SSSR count). The average Bonchev–Trinajstić information content (AvgIpc) is 2.91. The molecule has 2 fully saturated rings. The molecule has 0 bridgehead atoms. The third kappa shape index (κ3) is 1.75. The van der Waals surface area contributed by atoms with Crippen molar-refractivity contribution in [3.8, 4) is 0 Å². The molecule has 2 aliphatic rings. The molecule has 1 heterocycles. The predicted molar refractivity (Wildman–Crippen MR) is 61.0 cm³/mol. The van der Waals surface area contributed by atoms with E-state index < -0.39 is 0 Å². The molecule has 92 valence electrons. The molecule has 1 saturated carbocycles. The molecule has 0 aromatic carbocycles. The van der Waals surface area contributed by atoms with Crippen LogP contribution >= 0.6 is 0 Å². The molecular formula is C13H22O3. The Labute approximate surface area is 97.5 Å². The van der Waals surface area contributed by atoms with E-state index in [0.29, 0.717) is 17.8 Å². The van der Waals surface area contributed by atoms with Gasteiger partial charge in [-0.1, -0.05) is 27.2 Å². The van der Waals surface area contributed by atoms with E-state index in [4.69, 9.17) is 9.47 Å². The number of rotatable bonds is 2. The Bertz CT molecular complexity index is 287. The van der Waals surface area contributed by atoms with Crippen LogP contribution in [-0.4, -0.2) is 24.8 Å². The van der Waals surface area contributed by atoms with Crippen molar-refractivity contribution < 1.29 is 14.3 Å². The maximum Gasteiger partial charge on any atom is 0.338 e. The lowest BCUT2D eigenvalue weighted by Crippen LogP contribution is -2.39. The van der Waals surface area contributed by atoms with Crippen molar-refractivity contribution in [2.75, 3.05) is 7.11 Å². The fourth-order valence-corrected chi connectivity index (χ4v) is 3.38. The predicted octanol–water partition coefficient (Wildman–Crippen LogP) is 2.39. The molecule has 3 heteroatoms. The SMILES string of the molecule is COC(=O)C1OC12CC(C)CCC2C(C)C. The summed E-state index contributed by atoms with van der Waals surface area (Å²) in [5, 5.41) is 0. The number of hydrogen-bond donors (Lipinski definition) is 0. The summed E-state index contributed by atoms with van der Waals surface area (Å²) in [6, 6.07) is 0. The third-order valence-corrected chi connectivity index (χ3v) is 4.21. The van der Waals surface area contributed by atoms with Crippen molar-refractivity contribution in [2.45, 2.75) is 51.7 Å². The van der Waals surface area contributed by atoms with Gasteiger partial charge in [0.1, 0.15) is 5.60 Å². The number of epoxide rings is 1. The van der Waals surface area contributed by atoms with Crippen LogP contribution in [0.2, 0.25) is 0 Å². The summed E-state index contributed by atoms with van der Waals surface area (Å²) in [6.07, 6.45) is 3.14. The van der Waals surface area contributed by atoms with Gasteiger partial charge < -0.3 is 9.47 Å². The molecule has 16 heavy (non-hydrogen) atoms. The molecule has 1 aliphatic heterocycles. The van der Waals surface area contributed by atoms with E-state index in [1.807, 2.05) is 0 Å². The summed E-state index contributed by atoms with van der Waals surface area (Å²) in [6.45, 7) is 6.69. The van der Waals surface area contributed by atoms with Gasteiger partial charge in [0.05, 0.1) is 7.11 Å². The van der Waals surface area contributed by atoms with Crippen molar-refractivity contribution in [3.05, 3.63) is 0 Å². The first-order valence-electron chi connectivity index (χ1n) is 6.27. The Morgan fingerprint density at radius 3 is 2.69 bits per heavy atom. The molecule has 4 atom stereocenters. The van der Waals surface area contributed by atoms with E-state index in [-0.39, 0.29) is 17.7 Å². The van der Waals surface area contributed by atoms with Crippen LogP contribution in [0.15, 0.2) is 0 Å². The average molecular weight is 226 g/mol. The summed E-state index contributed by atoms with van der Waals surface area (Å²) in [5.41, 5.74) is -0.196. The molecule has 3 nitrogen and oxygen atoms in total. The van der Waals surface area contributed by atoms with Crippen LogP contribution in [0.3, 0.4) is 0 Å². The van der Waals surface area contributed by atoms with E-state index in [1.54, 1.807) is 0 Å². The number of carbonyl (C=O) groups excluding carboxylic acids is 1. The van der Waals surface area contributed by atoms with Gasteiger partial charge in [-0.2, -0.15) is 0 Å². The maximum absolute atomic E-state index is 11.6. The van der Waals surface area contributed by atoms with Crippen LogP contribution in [0.1, 0.15) is 40.0 Å². The molecule has 1 saturated heterocycles. The van der Waals surface area contributed by atoms with Crippen LogP contribution in [-0.2, 0) is 14.3 Å². The highest BCUT2D eigenvalue weighted by atomic mass is 16.7. The van der Waals surface area contributed by atoms with E-state index in [9.17, 15) is 4.79 Å². The number of hydrogen-bond acceptors (Lipinski definition) is 3. The highest BCUT2D eigenvalue weighted by molar-refractivity contribution is 5.79. The minimum atomic E-state index is -0.298. The summed E-state index contributed by atoms with van der Waals surface area (Å²) in [7, 11) is 1.44. The monoisotopic (exact) mass is 226 g/mol. The smallest absolute Gasteiger partial charge is 0.338 e. The molecule has 4 unspecified atom stereocenters. The molecule has 1 spiro atoms. The summed E-state index contributed by atoms with van der Waals surface area (Å²) in [5.74, 6) is 1.54. The van der Waals surface area contributed by atoms with E-state index in [2.05, 4.69) is 20.8 Å². The fraction of sp³-hybridized carbons (Fsp3) is 0.923. The van der Waals surface area contributed by atoms with Crippen molar-refractivity contribution in [2.24, 2.45) is 17.8 Å². The second-order valence-electron chi connectivity index (χ2n) is 5.71. The van der Waals surface area contributed by atoms with E-state index >= 15 is 0 Å². The summed E-state index contributed by atoms with van der Waals surface area (Å²) in [4.78, 5) is 11.6. The molecule has 0 radical (unpaired) electrons. The van der Waals surface area contributed by atoms with Gasteiger partial charge in [0.15, 0.2) is 6.10 Å². The van der Waals surface area contributed by atoms with Gasteiger partial charge in [-0.3, -0.25) is 0 Å². The van der Waals surface area contributed by atoms with Crippen LogP contribution in [0.4, 0.5) is 0 Å². The standard InChI is InChI=1S/C13H22O3/c1-8(2)10-6-5-9(3)7-13(10)11(16-13)12(14)15-4/h8-11H,5-7H2,1-4H3. The third-order valence-electron chi connectivity index (χ3n) is 4.21. The summed E-state index contributed by atoms with van der Waals surface area (Å²) >= 11 is 0. The molecule has 0 amide bonds. The minimum Gasteiger partial charge on any atom is -0.467 e. The molecule has 1 aliphatic carbocycles. The zero-order valence-electron chi connectivity index (χ0n) is 10.7. The van der Waals surface area contributed by atoms with Gasteiger partial charge in [0.2, 0.25) is 0 Å². The number of ether oxygens (including phenoxy) is 2. The zero-order valence-corrected chi connectivity index (χ0v) is 10.7. The van der Waals surface area contributed by atoms with Crippen LogP contribution in [0, 0.1) is 17.8 Å². The zero-order chi connectivity index (χ0) is 11.9. The minimum absolute atomic E-state index is 0.195. The molecule has 0 N–H and O–H groups in total. The van der Waals surface area contributed by atoms with Gasteiger partial charge in [0.25, 0.3) is 0 Å². The van der Waals surface area contributed by atoms with Crippen molar-refractivity contribution in [1.29, 1.82) is 0 Å². The Balaban J connectivity index is 2.14. The summed E-state index contributed by atoms with van der Waals surface area (Å²) < 4.78 is 10.6. The van der Waals surface area contributed by atoms with Gasteiger partial charge >= 0.3 is 5.97 Å². The van der Waals surface area contributed by atoms with Crippen molar-refractivity contribution in [1.82, 2.24) is 0 Å². The topological polar surface area (TPSA) is 38.8 Å². The van der Waals surface area contributed by atoms with Crippen molar-refractivity contribution in [3.63, 3.8) is 0 Å². The normalized spacial score (nSPS) is 42.4. The highest BCUT2D eigenvalue weighted by Crippen LogP contribution is 2.55. The first kappa shape index (κ1) is 11.9. The Morgan fingerprint density at radius 1 is 1.44 bits per heavy atom. The van der Waals surface area contributed by atoms with Gasteiger partial charge in [0, 0.05) is 0 Å². The Kier molecular flexibility index (Phi) is 2.99. The van der Waals surface area contributed by atoms with Gasteiger partial charge in [-0.05, 0) is 30.6 Å². The van der Waals surface area contributed by atoms with Gasteiger partial charge in [-0.15, -0.1) is 0 Å². The lowest BCUT2D eigenvalue weighted by atomic mass is 9.68. The second-order valence-corrected chi connectivity index (χ2v) is 5.71. The maximum atomic E-state index is 11.6. The number of carbonyl (C=O) groups is 1. The Hall–Kier alpha value is -0.570. The van der Waals surface area contributed by atoms with Crippen LogP contribution < -0.4 is 0 Å². The molecular weight excluding hydrogens is 204 g/mol. The first-order chi connectivity index (χ1) is 7.51. The largest absolute Gasteiger partial charge is 0.467 e. The van der Waals surface area contributed by atoms with E-state index in [0.717, 1.165) is 6.42 Å². The molecule has 0 aromatic rings. The lowest BCUT2D eigenvalue weighted by Gasteiger charge is -2.35. The molecule has 0 aromatic heterocycles. The number of esters is 1. The van der Waals surface area contributed by atoms with Crippen LogP contribution in [0.25, 0.3) is 0 Å². The Morgan fingerprint density at radius 2 is 2.12 bits per heavy atom. The first-order valence-corrected chi connectivity index (χ1v) is 6.27. The quantitative estimate of drug-likeness (QED) is 0.536. The van der Waals surface area contributed by atoms with E-state index in [1.165, 1.54) is 20.0 Å². The lowest BCUT2D eigenvalue weighted by molar-refractivity contribution is -0.142. The fourth-order valence-electron chi connectivity index (χ4n) is 3.38. The number of methoxy groups -OCH3 is 1. The van der Waals surface area contributed by atoms with Crippen LogP contribution in [0.5, 0.6) is 0 Å². The second kappa shape index (κ2) is 4.02.